The molecule has 3 heteroatoms. The third-order valence-corrected chi connectivity index (χ3v) is 2.51. The van der Waals surface area contributed by atoms with Gasteiger partial charge in [0.2, 0.25) is 0 Å². The van der Waals surface area contributed by atoms with Crippen LogP contribution in [0.3, 0.4) is 0 Å². The van der Waals surface area contributed by atoms with Crippen molar-refractivity contribution in [2.24, 2.45) is 0 Å². The first-order valence-corrected chi connectivity index (χ1v) is 6.35. The van der Waals surface area contributed by atoms with Crippen molar-refractivity contribution in [3.63, 3.8) is 0 Å². The van der Waals surface area contributed by atoms with Crippen LogP contribution in [0.15, 0.2) is 48.6 Å². The second-order valence-electron chi connectivity index (χ2n) is 4.27. The van der Waals surface area contributed by atoms with Crippen LogP contribution in [0.5, 0.6) is 0 Å². The van der Waals surface area contributed by atoms with Gasteiger partial charge in [-0.1, -0.05) is 54.6 Å². The maximum atomic E-state index is 11.2. The number of hydrogen-bond acceptors (Lipinski definition) is 3. The second-order valence-corrected chi connectivity index (χ2v) is 4.27. The minimum atomic E-state index is -0.637. The van der Waals surface area contributed by atoms with Gasteiger partial charge in [-0.2, -0.15) is 0 Å². The molecule has 0 aliphatic heterocycles. The highest BCUT2D eigenvalue weighted by Crippen LogP contribution is 2.11. The quantitative estimate of drug-likeness (QED) is 0.605. The summed E-state index contributed by atoms with van der Waals surface area (Å²) in [4.78, 5) is 11.2. The molecule has 1 aromatic carbocycles. The van der Waals surface area contributed by atoms with E-state index in [-0.39, 0.29) is 12.4 Å². The van der Waals surface area contributed by atoms with Crippen molar-refractivity contribution in [3.8, 4) is 0 Å². The van der Waals surface area contributed by atoms with Gasteiger partial charge in [0.15, 0.2) is 0 Å². The van der Waals surface area contributed by atoms with Gasteiger partial charge in [0.05, 0.1) is 19.1 Å². The Morgan fingerprint density at radius 3 is 2.74 bits per heavy atom. The highest BCUT2D eigenvalue weighted by molar-refractivity contribution is 5.72. The Morgan fingerprint density at radius 1 is 1.42 bits per heavy atom. The Balaban J connectivity index is 2.38. The molecular weight excluding hydrogens is 240 g/mol. The standard InChI is InChI=1S/C16H20O3/c1-3-19-16(18)12-13(2)11-15(17)10-9-14-7-5-4-6-8-14/h4-10,15,17H,2-3,11-12H2,1H3/b10-9+/t15-/m1/s1. The van der Waals surface area contributed by atoms with Gasteiger partial charge < -0.3 is 9.84 Å². The normalized spacial score (nSPS) is 12.3. The number of rotatable bonds is 7. The summed E-state index contributed by atoms with van der Waals surface area (Å²) in [5, 5.41) is 9.82. The fourth-order valence-corrected chi connectivity index (χ4v) is 1.64. The number of carbonyl (C=O) groups is 1. The fourth-order valence-electron chi connectivity index (χ4n) is 1.64. The van der Waals surface area contributed by atoms with Crippen LogP contribution >= 0.6 is 0 Å². The van der Waals surface area contributed by atoms with Gasteiger partial charge in [-0.3, -0.25) is 4.79 Å². The van der Waals surface area contributed by atoms with Crippen LogP contribution in [0.4, 0.5) is 0 Å². The van der Waals surface area contributed by atoms with E-state index in [9.17, 15) is 9.90 Å². The summed E-state index contributed by atoms with van der Waals surface area (Å²) in [5.74, 6) is -0.299. The molecule has 0 aromatic heterocycles. The smallest absolute Gasteiger partial charge is 0.309 e. The van der Waals surface area contributed by atoms with E-state index >= 15 is 0 Å². The SMILES string of the molecule is C=C(CC(=O)OCC)C[C@H](O)/C=C/c1ccccc1. The molecule has 0 aliphatic carbocycles. The molecule has 1 rings (SSSR count). The van der Waals surface area contributed by atoms with Crippen LogP contribution in [0.2, 0.25) is 0 Å². The number of benzene rings is 1. The monoisotopic (exact) mass is 260 g/mol. The number of ether oxygens (including phenoxy) is 1. The molecule has 0 amide bonds. The Labute approximate surface area is 114 Å². The molecule has 0 saturated carbocycles. The molecule has 102 valence electrons. The van der Waals surface area contributed by atoms with Crippen molar-refractivity contribution >= 4 is 12.0 Å². The molecule has 0 spiro atoms. The van der Waals surface area contributed by atoms with E-state index in [0.717, 1.165) is 5.56 Å². The molecule has 0 bridgehead atoms. The van der Waals surface area contributed by atoms with Crippen molar-refractivity contribution < 1.29 is 14.6 Å². The molecule has 0 radical (unpaired) electrons. The number of carbonyl (C=O) groups excluding carboxylic acids is 1. The van der Waals surface area contributed by atoms with Gasteiger partial charge in [-0.05, 0) is 18.9 Å². The zero-order valence-corrected chi connectivity index (χ0v) is 11.2. The minimum absolute atomic E-state index is 0.157. The molecule has 0 aliphatic rings. The lowest BCUT2D eigenvalue weighted by atomic mass is 10.1. The molecule has 1 aromatic rings. The summed E-state index contributed by atoms with van der Waals surface area (Å²) in [6.07, 6.45) is 3.43. The summed E-state index contributed by atoms with van der Waals surface area (Å²) in [5.41, 5.74) is 1.70. The topological polar surface area (TPSA) is 46.5 Å². The molecule has 0 fully saturated rings. The molecule has 0 unspecified atom stereocenters. The van der Waals surface area contributed by atoms with Crippen LogP contribution in [-0.4, -0.2) is 23.8 Å². The molecule has 0 heterocycles. The maximum Gasteiger partial charge on any atom is 0.309 e. The third-order valence-electron chi connectivity index (χ3n) is 2.51. The molecule has 3 nitrogen and oxygen atoms in total. The first-order valence-electron chi connectivity index (χ1n) is 6.35. The van der Waals surface area contributed by atoms with Crippen molar-refractivity contribution in [1.82, 2.24) is 0 Å². The highest BCUT2D eigenvalue weighted by Gasteiger charge is 2.08. The summed E-state index contributed by atoms with van der Waals surface area (Å²) in [6, 6.07) is 9.72. The first kappa shape index (κ1) is 15.2. The highest BCUT2D eigenvalue weighted by atomic mass is 16.5. The average Bonchev–Trinajstić information content (AvgIpc) is 2.37. The van der Waals surface area contributed by atoms with Gasteiger partial charge in [0.1, 0.15) is 0 Å². The van der Waals surface area contributed by atoms with Crippen molar-refractivity contribution in [3.05, 3.63) is 54.1 Å². The molecule has 19 heavy (non-hydrogen) atoms. The summed E-state index contributed by atoms with van der Waals surface area (Å²) < 4.78 is 4.82. The van der Waals surface area contributed by atoms with Crippen LogP contribution in [-0.2, 0) is 9.53 Å². The Bertz CT molecular complexity index is 435. The zero-order chi connectivity index (χ0) is 14.1. The van der Waals surface area contributed by atoms with E-state index in [4.69, 9.17) is 4.74 Å². The fraction of sp³-hybridized carbons (Fsp3) is 0.312. The number of aliphatic hydroxyl groups is 1. The van der Waals surface area contributed by atoms with Crippen LogP contribution in [0, 0.1) is 0 Å². The van der Waals surface area contributed by atoms with Gasteiger partial charge in [0, 0.05) is 0 Å². The molecule has 0 saturated heterocycles. The number of aliphatic hydroxyl groups excluding tert-OH is 1. The lowest BCUT2D eigenvalue weighted by molar-refractivity contribution is -0.142. The predicted molar refractivity (Wildman–Crippen MR) is 76.5 cm³/mol. The van der Waals surface area contributed by atoms with Crippen LogP contribution in [0.1, 0.15) is 25.3 Å². The number of esters is 1. The summed E-state index contributed by atoms with van der Waals surface area (Å²) in [7, 11) is 0. The lowest BCUT2D eigenvalue weighted by Crippen LogP contribution is -2.09. The number of hydrogen-bond donors (Lipinski definition) is 1. The maximum absolute atomic E-state index is 11.2. The van der Waals surface area contributed by atoms with Gasteiger partial charge in [-0.15, -0.1) is 0 Å². The Kier molecular flexibility index (Phi) is 6.61. The zero-order valence-electron chi connectivity index (χ0n) is 11.2. The van der Waals surface area contributed by atoms with Crippen LogP contribution < -0.4 is 0 Å². The van der Waals surface area contributed by atoms with Crippen molar-refractivity contribution in [2.75, 3.05) is 6.61 Å². The Morgan fingerprint density at radius 2 is 2.11 bits per heavy atom. The largest absolute Gasteiger partial charge is 0.466 e. The van der Waals surface area contributed by atoms with Gasteiger partial charge >= 0.3 is 5.97 Å². The molecule has 1 atom stereocenters. The predicted octanol–water partition coefficient (Wildman–Crippen LogP) is 2.96. The first-order chi connectivity index (χ1) is 9.11. The van der Waals surface area contributed by atoms with E-state index in [1.165, 1.54) is 0 Å². The minimum Gasteiger partial charge on any atom is -0.466 e. The van der Waals surface area contributed by atoms with E-state index in [1.54, 1.807) is 13.0 Å². The molecule has 1 N–H and O–H groups in total. The Hall–Kier alpha value is -1.87. The summed E-state index contributed by atoms with van der Waals surface area (Å²) >= 11 is 0. The van der Waals surface area contributed by atoms with Gasteiger partial charge in [-0.25, -0.2) is 0 Å². The average molecular weight is 260 g/mol. The van der Waals surface area contributed by atoms with E-state index in [2.05, 4.69) is 6.58 Å². The lowest BCUT2D eigenvalue weighted by Gasteiger charge is -2.08. The van der Waals surface area contributed by atoms with E-state index < -0.39 is 6.10 Å². The van der Waals surface area contributed by atoms with Gasteiger partial charge in [0.25, 0.3) is 0 Å². The second kappa shape index (κ2) is 8.27. The van der Waals surface area contributed by atoms with Crippen molar-refractivity contribution in [2.45, 2.75) is 25.9 Å². The molecular formula is C16H20O3. The third kappa shape index (κ3) is 6.58. The van der Waals surface area contributed by atoms with E-state index in [0.29, 0.717) is 18.6 Å². The summed E-state index contributed by atoms with van der Waals surface area (Å²) in [6.45, 7) is 5.90. The van der Waals surface area contributed by atoms with E-state index in [1.807, 2.05) is 36.4 Å². The van der Waals surface area contributed by atoms with Crippen LogP contribution in [0.25, 0.3) is 6.08 Å². The van der Waals surface area contributed by atoms with Crippen molar-refractivity contribution in [1.29, 1.82) is 0 Å².